The summed E-state index contributed by atoms with van der Waals surface area (Å²) in [5.74, 6) is 0.418. The maximum absolute atomic E-state index is 11.0. The lowest BCUT2D eigenvalue weighted by Crippen LogP contribution is -2.27. The first kappa shape index (κ1) is 14.1. The minimum atomic E-state index is -1.00. The fourth-order valence-corrected chi connectivity index (χ4v) is 2.60. The highest BCUT2D eigenvalue weighted by Gasteiger charge is 2.30. The van der Waals surface area contributed by atoms with Gasteiger partial charge in [-0.1, -0.05) is 61.5 Å². The van der Waals surface area contributed by atoms with Crippen LogP contribution in [-0.2, 0) is 12.0 Å². The second kappa shape index (κ2) is 6.23. The summed E-state index contributed by atoms with van der Waals surface area (Å²) >= 11 is 5.88. The summed E-state index contributed by atoms with van der Waals surface area (Å²) in [5, 5.41) is 11.0. The molecule has 2 aromatic rings. The van der Waals surface area contributed by atoms with Gasteiger partial charge in [-0.3, -0.25) is 0 Å². The largest absolute Gasteiger partial charge is 0.380 e. The van der Waals surface area contributed by atoms with Crippen LogP contribution in [0, 0.1) is 0 Å². The van der Waals surface area contributed by atoms with Crippen LogP contribution < -0.4 is 0 Å². The maximum atomic E-state index is 11.0. The molecule has 1 unspecified atom stereocenters. The Morgan fingerprint density at radius 2 is 1.53 bits per heavy atom. The van der Waals surface area contributed by atoms with Gasteiger partial charge in [0.05, 0.1) is 0 Å². The van der Waals surface area contributed by atoms with E-state index < -0.39 is 5.60 Å². The van der Waals surface area contributed by atoms with Gasteiger partial charge in [-0.25, -0.2) is 0 Å². The summed E-state index contributed by atoms with van der Waals surface area (Å²) in [5.41, 5.74) is 2.05. The van der Waals surface area contributed by atoms with E-state index in [9.17, 15) is 5.11 Å². The zero-order valence-electron chi connectivity index (χ0n) is 11.1. The highest BCUT2D eigenvalue weighted by Crippen LogP contribution is 2.33. The molecular formula is C17H19ClO. The predicted molar refractivity (Wildman–Crippen MR) is 80.6 cm³/mol. The van der Waals surface area contributed by atoms with Crippen molar-refractivity contribution in [2.75, 3.05) is 5.88 Å². The van der Waals surface area contributed by atoms with E-state index in [2.05, 4.69) is 19.1 Å². The van der Waals surface area contributed by atoms with Crippen molar-refractivity contribution in [3.8, 4) is 0 Å². The van der Waals surface area contributed by atoms with Crippen LogP contribution in [0.5, 0.6) is 0 Å². The van der Waals surface area contributed by atoms with Gasteiger partial charge in [-0.15, -0.1) is 11.6 Å². The summed E-state index contributed by atoms with van der Waals surface area (Å²) in [7, 11) is 0. The highest BCUT2D eigenvalue weighted by molar-refractivity contribution is 6.17. The van der Waals surface area contributed by atoms with Crippen LogP contribution in [0.2, 0.25) is 0 Å². The predicted octanol–water partition coefficient (Wildman–Crippen LogP) is 4.11. The number of hydrogen-bond donors (Lipinski definition) is 1. The van der Waals surface area contributed by atoms with Gasteiger partial charge in [0, 0.05) is 5.88 Å². The molecule has 0 bridgehead atoms. The molecule has 2 rings (SSSR count). The Kier molecular flexibility index (Phi) is 4.62. The zero-order valence-corrected chi connectivity index (χ0v) is 11.9. The smallest absolute Gasteiger partial charge is 0.116 e. The molecule has 19 heavy (non-hydrogen) atoms. The minimum Gasteiger partial charge on any atom is -0.380 e. The average molecular weight is 275 g/mol. The molecule has 100 valence electrons. The summed E-state index contributed by atoms with van der Waals surface area (Å²) in [6.07, 6.45) is 1.50. The number of rotatable bonds is 5. The zero-order chi connectivity index (χ0) is 13.7. The normalized spacial score (nSPS) is 14.1. The van der Waals surface area contributed by atoms with Gasteiger partial charge in [0.15, 0.2) is 0 Å². The molecule has 0 amide bonds. The van der Waals surface area contributed by atoms with Crippen LogP contribution in [0.4, 0.5) is 0 Å². The fraction of sp³-hybridized carbons (Fsp3) is 0.294. The molecule has 0 heterocycles. The van der Waals surface area contributed by atoms with Gasteiger partial charge in [-0.2, -0.15) is 0 Å². The summed E-state index contributed by atoms with van der Waals surface area (Å²) in [4.78, 5) is 0. The standard InChI is InChI=1S/C17H19ClO/c1-2-14-8-10-16(11-9-14)17(19,12-13-18)15-6-4-3-5-7-15/h3-11,19H,2,12-13H2,1H3. The molecule has 0 spiro atoms. The van der Waals surface area contributed by atoms with Crippen molar-refractivity contribution in [2.45, 2.75) is 25.4 Å². The molecule has 1 N–H and O–H groups in total. The summed E-state index contributed by atoms with van der Waals surface area (Å²) in [6, 6.07) is 17.8. The number of aliphatic hydroxyl groups is 1. The molecule has 0 saturated heterocycles. The molecule has 1 nitrogen and oxygen atoms in total. The van der Waals surface area contributed by atoms with E-state index in [0.717, 1.165) is 17.5 Å². The lowest BCUT2D eigenvalue weighted by atomic mass is 9.84. The molecule has 2 heteroatoms. The Morgan fingerprint density at radius 3 is 2.05 bits per heavy atom. The van der Waals surface area contributed by atoms with Gasteiger partial charge in [0.25, 0.3) is 0 Å². The van der Waals surface area contributed by atoms with Crippen molar-refractivity contribution in [3.05, 3.63) is 71.3 Å². The van der Waals surface area contributed by atoms with Crippen molar-refractivity contribution < 1.29 is 5.11 Å². The minimum absolute atomic E-state index is 0.418. The SMILES string of the molecule is CCc1ccc(C(O)(CCCl)c2ccccc2)cc1. The van der Waals surface area contributed by atoms with Crippen molar-refractivity contribution in [3.63, 3.8) is 0 Å². The van der Waals surface area contributed by atoms with Crippen LogP contribution in [-0.4, -0.2) is 11.0 Å². The van der Waals surface area contributed by atoms with Gasteiger partial charge in [0.2, 0.25) is 0 Å². The van der Waals surface area contributed by atoms with Gasteiger partial charge in [-0.05, 0) is 29.5 Å². The molecule has 0 aromatic heterocycles. The Bertz CT molecular complexity index is 507. The van der Waals surface area contributed by atoms with Crippen LogP contribution in [0.1, 0.15) is 30.0 Å². The average Bonchev–Trinajstić information content (AvgIpc) is 2.48. The van der Waals surface area contributed by atoms with Gasteiger partial charge >= 0.3 is 0 Å². The van der Waals surface area contributed by atoms with Crippen LogP contribution in [0.3, 0.4) is 0 Å². The molecule has 0 radical (unpaired) electrons. The molecule has 0 aliphatic carbocycles. The number of hydrogen-bond acceptors (Lipinski definition) is 1. The monoisotopic (exact) mass is 274 g/mol. The van der Waals surface area contributed by atoms with Crippen LogP contribution in [0.25, 0.3) is 0 Å². The Morgan fingerprint density at radius 1 is 0.947 bits per heavy atom. The molecule has 0 fully saturated rings. The first-order valence-corrected chi connectivity index (χ1v) is 7.17. The first-order chi connectivity index (χ1) is 9.20. The third-order valence-electron chi connectivity index (χ3n) is 3.55. The Balaban J connectivity index is 2.43. The lowest BCUT2D eigenvalue weighted by Gasteiger charge is -2.29. The van der Waals surface area contributed by atoms with E-state index in [-0.39, 0.29) is 0 Å². The number of halogens is 1. The van der Waals surface area contributed by atoms with E-state index >= 15 is 0 Å². The van der Waals surface area contributed by atoms with Crippen LogP contribution >= 0.6 is 11.6 Å². The topological polar surface area (TPSA) is 20.2 Å². The Hall–Kier alpha value is -1.31. The van der Waals surface area contributed by atoms with E-state index in [1.165, 1.54) is 5.56 Å². The van der Waals surface area contributed by atoms with Crippen molar-refractivity contribution in [2.24, 2.45) is 0 Å². The number of aryl methyl sites for hydroxylation is 1. The quantitative estimate of drug-likeness (QED) is 0.814. The Labute approximate surface area is 119 Å². The lowest BCUT2D eigenvalue weighted by molar-refractivity contribution is 0.0775. The van der Waals surface area contributed by atoms with Gasteiger partial charge < -0.3 is 5.11 Å². The van der Waals surface area contributed by atoms with Crippen molar-refractivity contribution >= 4 is 11.6 Å². The second-order valence-corrected chi connectivity index (χ2v) is 5.09. The fourth-order valence-electron chi connectivity index (χ4n) is 2.32. The van der Waals surface area contributed by atoms with Crippen molar-refractivity contribution in [1.29, 1.82) is 0 Å². The molecule has 1 atom stereocenters. The third-order valence-corrected chi connectivity index (χ3v) is 3.74. The van der Waals surface area contributed by atoms with E-state index in [4.69, 9.17) is 11.6 Å². The highest BCUT2D eigenvalue weighted by atomic mass is 35.5. The maximum Gasteiger partial charge on any atom is 0.116 e. The molecule has 0 aliphatic rings. The van der Waals surface area contributed by atoms with E-state index in [1.54, 1.807) is 0 Å². The summed E-state index contributed by atoms with van der Waals surface area (Å²) in [6.45, 7) is 2.12. The second-order valence-electron chi connectivity index (χ2n) is 4.72. The first-order valence-electron chi connectivity index (χ1n) is 6.64. The van der Waals surface area contributed by atoms with Gasteiger partial charge in [0.1, 0.15) is 5.60 Å². The van der Waals surface area contributed by atoms with Crippen LogP contribution in [0.15, 0.2) is 54.6 Å². The molecule has 0 saturated carbocycles. The number of benzene rings is 2. The summed E-state index contributed by atoms with van der Waals surface area (Å²) < 4.78 is 0. The van der Waals surface area contributed by atoms with E-state index in [0.29, 0.717) is 12.3 Å². The molecular weight excluding hydrogens is 256 g/mol. The van der Waals surface area contributed by atoms with Crippen molar-refractivity contribution in [1.82, 2.24) is 0 Å². The van der Waals surface area contributed by atoms with E-state index in [1.807, 2.05) is 42.5 Å². The molecule has 0 aliphatic heterocycles. The molecule has 2 aromatic carbocycles. The third kappa shape index (κ3) is 2.99. The number of alkyl halides is 1.